The number of aliphatic hydroxyl groups is 1. The Labute approximate surface area is 223 Å². The Kier molecular flexibility index (Phi) is 6.68. The molecule has 202 valence electrons. The largest absolute Gasteiger partial charge is 0.463 e. The van der Waals surface area contributed by atoms with Crippen LogP contribution in [0.3, 0.4) is 0 Å². The molecule has 3 unspecified atom stereocenters. The Morgan fingerprint density at radius 3 is 2.58 bits per heavy atom. The number of primary amides is 1. The van der Waals surface area contributed by atoms with Gasteiger partial charge in [0.1, 0.15) is 17.1 Å². The van der Waals surface area contributed by atoms with E-state index in [1.54, 1.807) is 42.7 Å². The second kappa shape index (κ2) is 9.70. The van der Waals surface area contributed by atoms with Crippen LogP contribution in [0.2, 0.25) is 5.02 Å². The highest BCUT2D eigenvalue weighted by atomic mass is 35.5. The summed E-state index contributed by atoms with van der Waals surface area (Å²) in [6, 6.07) is 5.70. The first-order chi connectivity index (χ1) is 17.9. The number of nitrogens with one attached hydrogen (secondary N) is 1. The number of hydrogen-bond donors (Lipinski definition) is 3. The van der Waals surface area contributed by atoms with Crippen LogP contribution in [0.15, 0.2) is 30.6 Å². The summed E-state index contributed by atoms with van der Waals surface area (Å²) in [5, 5.41) is 18.6. The zero-order valence-corrected chi connectivity index (χ0v) is 22.1. The fourth-order valence-electron chi connectivity index (χ4n) is 6.06. The number of fused-ring (bicyclic) bond motifs is 1. The van der Waals surface area contributed by atoms with Crippen LogP contribution in [0, 0.1) is 17.7 Å². The number of hydrogen-bond acceptors (Lipinski definition) is 6. The minimum absolute atomic E-state index is 0.0650. The van der Waals surface area contributed by atoms with Gasteiger partial charge in [-0.15, -0.1) is 5.10 Å². The van der Waals surface area contributed by atoms with Gasteiger partial charge in [-0.1, -0.05) is 11.6 Å². The molecule has 2 aliphatic carbocycles. The van der Waals surface area contributed by atoms with Crippen LogP contribution in [0.4, 0.5) is 10.1 Å². The smallest absolute Gasteiger partial charge is 0.274 e. The fraction of sp³-hybridized carbons (Fsp3) is 0.462. The van der Waals surface area contributed by atoms with Crippen LogP contribution in [0.5, 0.6) is 5.88 Å². The second-order valence-electron chi connectivity index (χ2n) is 10.5. The van der Waals surface area contributed by atoms with Crippen molar-refractivity contribution in [3.05, 3.63) is 58.5 Å². The van der Waals surface area contributed by atoms with E-state index < -0.39 is 23.4 Å². The summed E-state index contributed by atoms with van der Waals surface area (Å²) in [6.07, 6.45) is 3.44. The van der Waals surface area contributed by atoms with Gasteiger partial charge in [-0.2, -0.15) is 0 Å². The lowest BCUT2D eigenvalue weighted by Gasteiger charge is -2.24. The molecular weight excluding hydrogens is 515 g/mol. The van der Waals surface area contributed by atoms with Gasteiger partial charge in [0.15, 0.2) is 6.10 Å². The molecular formula is C26H30ClFN6O4. The average molecular weight is 545 g/mol. The standard InChI is InChI=1S/C26H30ClFN6O4/c1-13(24(29)35)38-21-9-20(34(3)32-21)26(37)10-15-6-14(7-16(15)11-26)22-23(33(2)12-30-22)25(36)31-17-4-5-19(28)18(27)8-17/h4-5,8-9,12-16,37H,6-7,10-11H2,1-3H3,(H2,29,35)(H,31,36). The maximum absolute atomic E-state index is 13.5. The number of nitrogens with two attached hydrogens (primary N) is 1. The highest BCUT2D eigenvalue weighted by molar-refractivity contribution is 6.31. The predicted octanol–water partition coefficient (Wildman–Crippen LogP) is 3.24. The van der Waals surface area contributed by atoms with Gasteiger partial charge in [-0.3, -0.25) is 14.3 Å². The Balaban J connectivity index is 1.29. The zero-order chi connectivity index (χ0) is 27.4. The predicted molar refractivity (Wildman–Crippen MR) is 137 cm³/mol. The number of rotatable bonds is 7. The minimum Gasteiger partial charge on any atom is -0.463 e. The average Bonchev–Trinajstić information content (AvgIpc) is 3.58. The number of amides is 2. The fourth-order valence-corrected chi connectivity index (χ4v) is 6.24. The van der Waals surface area contributed by atoms with Gasteiger partial charge < -0.3 is 25.5 Å². The van der Waals surface area contributed by atoms with E-state index in [0.29, 0.717) is 35.6 Å². The lowest BCUT2D eigenvalue weighted by Crippen LogP contribution is -2.30. The van der Waals surface area contributed by atoms with Gasteiger partial charge in [0.25, 0.3) is 11.8 Å². The molecule has 0 saturated heterocycles. The van der Waals surface area contributed by atoms with Crippen LogP contribution in [-0.4, -0.2) is 42.4 Å². The first kappa shape index (κ1) is 26.2. The molecule has 0 radical (unpaired) electrons. The minimum atomic E-state index is -1.08. The number of halogens is 2. The molecule has 2 aromatic heterocycles. The molecule has 0 aliphatic heterocycles. The molecule has 2 aliphatic rings. The topological polar surface area (TPSA) is 137 Å². The number of aryl methyl sites for hydroxylation is 2. The van der Waals surface area contributed by atoms with Crippen LogP contribution in [-0.2, 0) is 24.5 Å². The molecule has 2 fully saturated rings. The number of carbonyl (C=O) groups is 2. The Morgan fingerprint density at radius 1 is 1.26 bits per heavy atom. The molecule has 2 saturated carbocycles. The van der Waals surface area contributed by atoms with Crippen LogP contribution in [0.25, 0.3) is 0 Å². The molecule has 2 amide bonds. The summed E-state index contributed by atoms with van der Waals surface area (Å²) in [6.45, 7) is 1.55. The molecule has 1 aromatic carbocycles. The van der Waals surface area contributed by atoms with E-state index in [1.807, 2.05) is 0 Å². The van der Waals surface area contributed by atoms with Crippen molar-refractivity contribution in [3.8, 4) is 5.88 Å². The Hall–Kier alpha value is -3.44. The lowest BCUT2D eigenvalue weighted by atomic mass is 9.90. The first-order valence-corrected chi connectivity index (χ1v) is 12.8. The number of nitrogens with zero attached hydrogens (tertiary/aromatic N) is 4. The van der Waals surface area contributed by atoms with Crippen molar-refractivity contribution in [2.45, 2.75) is 50.2 Å². The molecule has 12 heteroatoms. The normalized spacial score (nSPS) is 25.3. The quantitative estimate of drug-likeness (QED) is 0.417. The third-order valence-corrected chi connectivity index (χ3v) is 8.11. The molecule has 4 N–H and O–H groups in total. The number of anilines is 1. The van der Waals surface area contributed by atoms with Gasteiger partial charge in [0.2, 0.25) is 5.88 Å². The van der Waals surface area contributed by atoms with Crippen molar-refractivity contribution in [3.63, 3.8) is 0 Å². The second-order valence-corrected chi connectivity index (χ2v) is 10.9. The molecule has 5 rings (SSSR count). The van der Waals surface area contributed by atoms with Crippen LogP contribution < -0.4 is 15.8 Å². The lowest BCUT2D eigenvalue weighted by molar-refractivity contribution is -0.124. The van der Waals surface area contributed by atoms with Gasteiger partial charge in [0.05, 0.1) is 22.7 Å². The number of ether oxygens (including phenoxy) is 1. The van der Waals surface area contributed by atoms with Gasteiger partial charge in [-0.25, -0.2) is 9.37 Å². The monoisotopic (exact) mass is 544 g/mol. The van der Waals surface area contributed by atoms with Crippen molar-refractivity contribution < 1.29 is 23.8 Å². The summed E-state index contributed by atoms with van der Waals surface area (Å²) >= 11 is 5.86. The maximum Gasteiger partial charge on any atom is 0.274 e. The Bertz CT molecular complexity index is 1390. The van der Waals surface area contributed by atoms with E-state index in [2.05, 4.69) is 15.4 Å². The maximum atomic E-state index is 13.5. The van der Waals surface area contributed by atoms with E-state index in [-0.39, 0.29) is 34.6 Å². The molecule has 0 spiro atoms. The van der Waals surface area contributed by atoms with Gasteiger partial charge in [0, 0.05) is 31.8 Å². The van der Waals surface area contributed by atoms with E-state index >= 15 is 0 Å². The number of benzene rings is 1. The molecule has 2 heterocycles. The van der Waals surface area contributed by atoms with E-state index in [4.69, 9.17) is 22.1 Å². The van der Waals surface area contributed by atoms with Crippen molar-refractivity contribution in [2.24, 2.45) is 31.7 Å². The molecule has 3 aromatic rings. The summed E-state index contributed by atoms with van der Waals surface area (Å²) in [5.74, 6) is -0.715. The first-order valence-electron chi connectivity index (χ1n) is 12.5. The van der Waals surface area contributed by atoms with E-state index in [1.165, 1.54) is 18.2 Å². The van der Waals surface area contributed by atoms with Crippen molar-refractivity contribution in [1.82, 2.24) is 19.3 Å². The van der Waals surface area contributed by atoms with Crippen molar-refractivity contribution in [2.75, 3.05) is 5.32 Å². The third kappa shape index (κ3) is 4.76. The third-order valence-electron chi connectivity index (χ3n) is 7.82. The van der Waals surface area contributed by atoms with Crippen molar-refractivity contribution >= 4 is 29.1 Å². The Morgan fingerprint density at radius 2 is 1.95 bits per heavy atom. The number of imidazole rings is 1. The summed E-state index contributed by atoms with van der Waals surface area (Å²) in [7, 11) is 3.50. The summed E-state index contributed by atoms with van der Waals surface area (Å²) in [5.41, 5.74) is 6.39. The summed E-state index contributed by atoms with van der Waals surface area (Å²) in [4.78, 5) is 29.1. The van der Waals surface area contributed by atoms with Crippen LogP contribution in [0.1, 0.15) is 60.4 Å². The molecule has 38 heavy (non-hydrogen) atoms. The van der Waals surface area contributed by atoms with Crippen molar-refractivity contribution in [1.29, 1.82) is 0 Å². The van der Waals surface area contributed by atoms with Gasteiger partial charge in [-0.05, 0) is 62.6 Å². The van der Waals surface area contributed by atoms with Crippen LogP contribution >= 0.6 is 11.6 Å². The van der Waals surface area contributed by atoms with E-state index in [9.17, 15) is 19.1 Å². The highest BCUT2D eigenvalue weighted by Gasteiger charge is 2.51. The highest BCUT2D eigenvalue weighted by Crippen LogP contribution is 2.57. The molecule has 3 atom stereocenters. The number of carbonyl (C=O) groups excluding carboxylic acids is 2. The van der Waals surface area contributed by atoms with E-state index in [0.717, 1.165) is 12.8 Å². The molecule has 0 bridgehead atoms. The van der Waals surface area contributed by atoms with Gasteiger partial charge >= 0.3 is 0 Å². The zero-order valence-electron chi connectivity index (χ0n) is 21.3. The molecule has 10 nitrogen and oxygen atoms in total. The SMILES string of the molecule is CC(Oc1cc(C2(O)CC3CC(c4ncn(C)c4C(=O)Nc4ccc(F)c(Cl)c4)CC3C2)n(C)n1)C(N)=O. The summed E-state index contributed by atoms with van der Waals surface area (Å²) < 4.78 is 22.3. The number of aromatic nitrogens is 4.